The zero-order valence-corrected chi connectivity index (χ0v) is 12.8. The third kappa shape index (κ3) is 4.05. The van der Waals surface area contributed by atoms with Gasteiger partial charge in [-0.05, 0) is 37.6 Å². The number of nitrogens with one attached hydrogen (secondary N) is 1. The molecule has 0 radical (unpaired) electrons. The molecule has 0 aliphatic carbocycles. The fourth-order valence-electron chi connectivity index (χ4n) is 2.50. The lowest BCUT2D eigenvalue weighted by molar-refractivity contribution is -0.120. The van der Waals surface area contributed by atoms with Gasteiger partial charge in [-0.3, -0.25) is 4.79 Å². The molecule has 4 heteroatoms. The Morgan fingerprint density at radius 2 is 2.26 bits per heavy atom. The lowest BCUT2D eigenvalue weighted by Gasteiger charge is -2.15. The van der Waals surface area contributed by atoms with Crippen LogP contribution in [-0.4, -0.2) is 25.5 Å². The van der Waals surface area contributed by atoms with Crippen molar-refractivity contribution in [1.29, 1.82) is 0 Å². The second-order valence-corrected chi connectivity index (χ2v) is 5.87. The maximum atomic E-state index is 12.4. The molecule has 0 bridgehead atoms. The van der Waals surface area contributed by atoms with Gasteiger partial charge in [-0.15, -0.1) is 0 Å². The molecule has 1 fully saturated rings. The highest BCUT2D eigenvalue weighted by Crippen LogP contribution is 2.24. The van der Waals surface area contributed by atoms with Gasteiger partial charge in [0.05, 0.1) is 13.2 Å². The Hall–Kier alpha value is -0.870. The van der Waals surface area contributed by atoms with E-state index in [2.05, 4.69) is 21.2 Å². The smallest absolute Gasteiger partial charge is 0.154 e. The molecule has 1 aliphatic heterocycles. The molecular weight excluding hydrogens is 306 g/mol. The molecule has 104 valence electrons. The van der Waals surface area contributed by atoms with Gasteiger partial charge < -0.3 is 10.1 Å². The summed E-state index contributed by atoms with van der Waals surface area (Å²) in [6.45, 7) is 0.950. The van der Waals surface area contributed by atoms with Crippen molar-refractivity contribution in [3.63, 3.8) is 0 Å². The Morgan fingerprint density at radius 3 is 3.05 bits per heavy atom. The largest absolute Gasteiger partial charge is 0.496 e. The lowest BCUT2D eigenvalue weighted by Crippen LogP contribution is -2.37. The molecule has 0 spiro atoms. The first-order valence-corrected chi connectivity index (χ1v) is 7.58. The second-order valence-electron chi connectivity index (χ2n) is 4.96. The van der Waals surface area contributed by atoms with Crippen molar-refractivity contribution in [2.75, 3.05) is 13.7 Å². The normalized spacial score (nSPS) is 19.8. The SMILES string of the molecule is COc1ccc(Br)cc1CC(=O)C1CCCCCN1. The Morgan fingerprint density at radius 1 is 1.42 bits per heavy atom. The zero-order chi connectivity index (χ0) is 13.7. The molecule has 1 unspecified atom stereocenters. The van der Waals surface area contributed by atoms with Gasteiger partial charge in [0.1, 0.15) is 5.75 Å². The van der Waals surface area contributed by atoms with Crippen LogP contribution in [0.1, 0.15) is 31.2 Å². The van der Waals surface area contributed by atoms with Gasteiger partial charge in [-0.25, -0.2) is 0 Å². The van der Waals surface area contributed by atoms with Crippen LogP contribution in [0.2, 0.25) is 0 Å². The van der Waals surface area contributed by atoms with Gasteiger partial charge >= 0.3 is 0 Å². The van der Waals surface area contributed by atoms with E-state index in [4.69, 9.17) is 4.74 Å². The molecule has 1 aromatic rings. The topological polar surface area (TPSA) is 38.3 Å². The molecule has 3 nitrogen and oxygen atoms in total. The van der Waals surface area contributed by atoms with Crippen molar-refractivity contribution < 1.29 is 9.53 Å². The number of carbonyl (C=O) groups is 1. The summed E-state index contributed by atoms with van der Waals surface area (Å²) >= 11 is 3.44. The highest BCUT2D eigenvalue weighted by Gasteiger charge is 2.20. The van der Waals surface area contributed by atoms with Crippen molar-refractivity contribution in [3.05, 3.63) is 28.2 Å². The van der Waals surface area contributed by atoms with Crippen LogP contribution in [-0.2, 0) is 11.2 Å². The van der Waals surface area contributed by atoms with Crippen molar-refractivity contribution >= 4 is 21.7 Å². The molecular formula is C15H20BrNO2. The van der Waals surface area contributed by atoms with E-state index in [1.54, 1.807) is 7.11 Å². The van der Waals surface area contributed by atoms with E-state index < -0.39 is 0 Å². The number of ether oxygens (including phenoxy) is 1. The Kier molecular flexibility index (Phi) is 5.40. The van der Waals surface area contributed by atoms with Crippen LogP contribution in [0.15, 0.2) is 22.7 Å². The number of methoxy groups -OCH3 is 1. The number of halogens is 1. The van der Waals surface area contributed by atoms with E-state index in [9.17, 15) is 4.79 Å². The van der Waals surface area contributed by atoms with E-state index in [0.29, 0.717) is 6.42 Å². The molecule has 1 N–H and O–H groups in total. The highest BCUT2D eigenvalue weighted by atomic mass is 79.9. The van der Waals surface area contributed by atoms with Crippen LogP contribution < -0.4 is 10.1 Å². The van der Waals surface area contributed by atoms with Gasteiger partial charge in [-0.2, -0.15) is 0 Å². The van der Waals surface area contributed by atoms with Crippen LogP contribution in [0.5, 0.6) is 5.75 Å². The molecule has 0 saturated carbocycles. The quantitative estimate of drug-likeness (QED) is 0.924. The standard InChI is InChI=1S/C15H20BrNO2/c1-19-15-7-6-12(16)9-11(15)10-14(18)13-5-3-2-4-8-17-13/h6-7,9,13,17H,2-5,8,10H2,1H3. The number of ketones is 1. The molecule has 1 aliphatic rings. The maximum Gasteiger partial charge on any atom is 0.154 e. The van der Waals surface area contributed by atoms with E-state index in [0.717, 1.165) is 35.2 Å². The van der Waals surface area contributed by atoms with Crippen LogP contribution in [0.3, 0.4) is 0 Å². The Bertz CT molecular complexity index is 440. The average Bonchev–Trinajstić information content (AvgIpc) is 2.68. The minimum atomic E-state index is 0.00573. The molecule has 0 amide bonds. The number of hydrogen-bond acceptors (Lipinski definition) is 3. The molecule has 19 heavy (non-hydrogen) atoms. The number of carbonyl (C=O) groups excluding carboxylic acids is 1. The molecule has 1 aromatic carbocycles. The number of benzene rings is 1. The molecule has 1 atom stereocenters. The number of hydrogen-bond donors (Lipinski definition) is 1. The summed E-state index contributed by atoms with van der Waals surface area (Å²) in [7, 11) is 1.64. The van der Waals surface area contributed by atoms with Crippen molar-refractivity contribution in [2.45, 2.75) is 38.1 Å². The zero-order valence-electron chi connectivity index (χ0n) is 11.2. The Labute approximate surface area is 122 Å². The fourth-order valence-corrected chi connectivity index (χ4v) is 2.91. The number of rotatable bonds is 4. The van der Waals surface area contributed by atoms with E-state index in [-0.39, 0.29) is 11.8 Å². The third-order valence-electron chi connectivity index (χ3n) is 3.56. The number of Topliss-reactive ketones (excluding diaryl/α,β-unsaturated/α-hetero) is 1. The summed E-state index contributed by atoms with van der Waals surface area (Å²) in [4.78, 5) is 12.4. The third-order valence-corrected chi connectivity index (χ3v) is 4.05. The molecule has 1 heterocycles. The second kappa shape index (κ2) is 7.06. The Balaban J connectivity index is 2.07. The fraction of sp³-hybridized carbons (Fsp3) is 0.533. The van der Waals surface area contributed by atoms with Gasteiger partial charge in [0, 0.05) is 16.5 Å². The van der Waals surface area contributed by atoms with Gasteiger partial charge in [0.25, 0.3) is 0 Å². The van der Waals surface area contributed by atoms with Gasteiger partial charge in [0.2, 0.25) is 0 Å². The van der Waals surface area contributed by atoms with Crippen LogP contribution >= 0.6 is 15.9 Å². The lowest BCUT2D eigenvalue weighted by atomic mass is 10.00. The maximum absolute atomic E-state index is 12.4. The average molecular weight is 326 g/mol. The van der Waals surface area contributed by atoms with Crippen molar-refractivity contribution in [2.24, 2.45) is 0 Å². The van der Waals surface area contributed by atoms with E-state index >= 15 is 0 Å². The van der Waals surface area contributed by atoms with Crippen LogP contribution in [0, 0.1) is 0 Å². The van der Waals surface area contributed by atoms with Crippen molar-refractivity contribution in [1.82, 2.24) is 5.32 Å². The molecule has 2 rings (SSSR count). The molecule has 1 saturated heterocycles. The van der Waals surface area contributed by atoms with Crippen LogP contribution in [0.4, 0.5) is 0 Å². The van der Waals surface area contributed by atoms with Crippen LogP contribution in [0.25, 0.3) is 0 Å². The summed E-state index contributed by atoms with van der Waals surface area (Å²) in [5.41, 5.74) is 0.952. The first-order valence-electron chi connectivity index (χ1n) is 6.79. The summed E-state index contributed by atoms with van der Waals surface area (Å²) in [6.07, 6.45) is 4.91. The summed E-state index contributed by atoms with van der Waals surface area (Å²) in [6, 6.07) is 5.79. The monoisotopic (exact) mass is 325 g/mol. The summed E-state index contributed by atoms with van der Waals surface area (Å²) < 4.78 is 6.30. The molecule has 0 aromatic heterocycles. The van der Waals surface area contributed by atoms with E-state index in [1.165, 1.54) is 12.8 Å². The summed E-state index contributed by atoms with van der Waals surface area (Å²) in [5, 5.41) is 3.35. The van der Waals surface area contributed by atoms with Crippen molar-refractivity contribution in [3.8, 4) is 5.75 Å². The predicted octanol–water partition coefficient (Wildman–Crippen LogP) is 3.10. The highest BCUT2D eigenvalue weighted by molar-refractivity contribution is 9.10. The van der Waals surface area contributed by atoms with Gasteiger partial charge in [-0.1, -0.05) is 28.8 Å². The first-order chi connectivity index (χ1) is 9.20. The van der Waals surface area contributed by atoms with Gasteiger partial charge in [0.15, 0.2) is 5.78 Å². The minimum absolute atomic E-state index is 0.00573. The minimum Gasteiger partial charge on any atom is -0.496 e. The first kappa shape index (κ1) is 14.5. The predicted molar refractivity (Wildman–Crippen MR) is 79.7 cm³/mol. The van der Waals surface area contributed by atoms with E-state index in [1.807, 2.05) is 18.2 Å². The summed E-state index contributed by atoms with van der Waals surface area (Å²) in [5.74, 6) is 1.04.